The zero-order valence-corrected chi connectivity index (χ0v) is 12.7. The van der Waals surface area contributed by atoms with E-state index >= 15 is 0 Å². The second kappa shape index (κ2) is 8.28. The molecule has 4 N–H and O–H groups in total. The minimum atomic E-state index is -0.887. The molecule has 118 valence electrons. The van der Waals surface area contributed by atoms with Crippen LogP contribution in [0.25, 0.3) is 0 Å². The molecule has 1 rings (SSSR count). The Kier molecular flexibility index (Phi) is 6.71. The maximum absolute atomic E-state index is 11.9. The molecule has 0 bridgehead atoms. The molecular formula is C14H24N4O3. The monoisotopic (exact) mass is 296 g/mol. The van der Waals surface area contributed by atoms with Crippen LogP contribution in [0.3, 0.4) is 0 Å². The van der Waals surface area contributed by atoms with Crippen LogP contribution >= 0.6 is 0 Å². The number of aromatic amines is 1. The summed E-state index contributed by atoms with van der Waals surface area (Å²) >= 11 is 0. The number of rotatable bonds is 8. The van der Waals surface area contributed by atoms with Gasteiger partial charge in [-0.05, 0) is 18.8 Å². The van der Waals surface area contributed by atoms with Crippen LogP contribution in [-0.2, 0) is 4.79 Å². The largest absolute Gasteiger partial charge is 0.481 e. The van der Waals surface area contributed by atoms with Gasteiger partial charge in [-0.3, -0.25) is 4.79 Å². The van der Waals surface area contributed by atoms with Crippen LogP contribution in [0.2, 0.25) is 0 Å². The average molecular weight is 296 g/mol. The highest BCUT2D eigenvalue weighted by atomic mass is 16.4. The number of carboxylic acids is 1. The molecule has 0 spiro atoms. The SMILES string of the molecule is CCC(NC(=O)NCC(CC(C)C)C(=O)O)c1ncc[nH]1. The summed E-state index contributed by atoms with van der Waals surface area (Å²) in [5.74, 6) is -0.506. The second-order valence-corrected chi connectivity index (χ2v) is 5.45. The van der Waals surface area contributed by atoms with Crippen LogP contribution in [0.4, 0.5) is 4.79 Å². The van der Waals surface area contributed by atoms with E-state index in [1.165, 1.54) is 0 Å². The van der Waals surface area contributed by atoms with Crippen molar-refractivity contribution in [2.45, 2.75) is 39.7 Å². The highest BCUT2D eigenvalue weighted by Crippen LogP contribution is 2.12. The number of urea groups is 1. The van der Waals surface area contributed by atoms with Crippen LogP contribution in [0.5, 0.6) is 0 Å². The summed E-state index contributed by atoms with van der Waals surface area (Å²) in [6.07, 6.45) is 4.54. The van der Waals surface area contributed by atoms with E-state index < -0.39 is 11.9 Å². The quantitative estimate of drug-likeness (QED) is 0.587. The number of imidazole rings is 1. The normalized spacial score (nSPS) is 13.7. The van der Waals surface area contributed by atoms with Gasteiger partial charge in [-0.2, -0.15) is 0 Å². The number of aliphatic carboxylic acids is 1. The Morgan fingerprint density at radius 2 is 2.14 bits per heavy atom. The molecule has 0 aromatic carbocycles. The molecule has 2 unspecified atom stereocenters. The Labute approximate surface area is 124 Å². The number of H-pyrrole nitrogens is 1. The van der Waals surface area contributed by atoms with E-state index in [-0.39, 0.29) is 24.5 Å². The Balaban J connectivity index is 2.47. The van der Waals surface area contributed by atoms with Gasteiger partial charge in [0.2, 0.25) is 0 Å². The lowest BCUT2D eigenvalue weighted by Gasteiger charge is -2.18. The standard InChI is InChI=1S/C14H24N4O3/c1-4-11(12-15-5-6-16-12)18-14(21)17-8-10(13(19)20)7-9(2)3/h5-6,9-11H,4,7-8H2,1-3H3,(H,15,16)(H,19,20)(H2,17,18,21). The fourth-order valence-electron chi connectivity index (χ4n) is 2.10. The molecule has 0 aliphatic rings. The van der Waals surface area contributed by atoms with Crippen molar-refractivity contribution in [1.29, 1.82) is 0 Å². The van der Waals surface area contributed by atoms with Gasteiger partial charge < -0.3 is 20.7 Å². The van der Waals surface area contributed by atoms with Gasteiger partial charge in [0, 0.05) is 18.9 Å². The zero-order chi connectivity index (χ0) is 15.8. The lowest BCUT2D eigenvalue weighted by molar-refractivity contribution is -0.142. The van der Waals surface area contributed by atoms with Crippen molar-refractivity contribution in [3.05, 3.63) is 18.2 Å². The summed E-state index contributed by atoms with van der Waals surface area (Å²) < 4.78 is 0. The van der Waals surface area contributed by atoms with Crippen LogP contribution in [0.15, 0.2) is 12.4 Å². The first-order valence-electron chi connectivity index (χ1n) is 7.20. The number of amides is 2. The number of aromatic nitrogens is 2. The first-order chi connectivity index (χ1) is 9.93. The average Bonchev–Trinajstić information content (AvgIpc) is 2.93. The zero-order valence-electron chi connectivity index (χ0n) is 12.7. The predicted molar refractivity (Wildman–Crippen MR) is 78.7 cm³/mol. The van der Waals surface area contributed by atoms with Crippen molar-refractivity contribution in [1.82, 2.24) is 20.6 Å². The number of carboxylic acid groups (broad SMARTS) is 1. The predicted octanol–water partition coefficient (Wildman–Crippen LogP) is 1.91. The van der Waals surface area contributed by atoms with E-state index in [2.05, 4.69) is 20.6 Å². The summed E-state index contributed by atoms with van der Waals surface area (Å²) in [7, 11) is 0. The Morgan fingerprint density at radius 1 is 1.43 bits per heavy atom. The smallest absolute Gasteiger partial charge is 0.315 e. The molecule has 7 heteroatoms. The van der Waals surface area contributed by atoms with Crippen LogP contribution in [0.1, 0.15) is 45.5 Å². The van der Waals surface area contributed by atoms with E-state index in [9.17, 15) is 9.59 Å². The third-order valence-corrected chi connectivity index (χ3v) is 3.18. The van der Waals surface area contributed by atoms with Crippen molar-refractivity contribution in [2.24, 2.45) is 11.8 Å². The van der Waals surface area contributed by atoms with E-state index in [0.29, 0.717) is 18.7 Å². The van der Waals surface area contributed by atoms with Gasteiger partial charge >= 0.3 is 12.0 Å². The van der Waals surface area contributed by atoms with Gasteiger partial charge in [0.1, 0.15) is 5.82 Å². The maximum Gasteiger partial charge on any atom is 0.315 e. The molecule has 1 aromatic heterocycles. The van der Waals surface area contributed by atoms with Gasteiger partial charge in [0.25, 0.3) is 0 Å². The molecule has 0 fully saturated rings. The summed E-state index contributed by atoms with van der Waals surface area (Å²) in [4.78, 5) is 30.1. The third-order valence-electron chi connectivity index (χ3n) is 3.18. The molecule has 2 atom stereocenters. The molecule has 0 saturated heterocycles. The number of carbonyl (C=O) groups excluding carboxylic acids is 1. The van der Waals surface area contributed by atoms with Crippen molar-refractivity contribution in [3.8, 4) is 0 Å². The summed E-state index contributed by atoms with van der Waals surface area (Å²) in [6, 6.07) is -0.596. The lowest BCUT2D eigenvalue weighted by atomic mass is 9.97. The van der Waals surface area contributed by atoms with Crippen molar-refractivity contribution >= 4 is 12.0 Å². The van der Waals surface area contributed by atoms with Gasteiger partial charge in [0.15, 0.2) is 0 Å². The van der Waals surface area contributed by atoms with E-state index in [0.717, 1.165) is 0 Å². The summed E-state index contributed by atoms with van der Waals surface area (Å²) in [5, 5.41) is 14.5. The van der Waals surface area contributed by atoms with Gasteiger partial charge in [-0.1, -0.05) is 20.8 Å². The van der Waals surface area contributed by atoms with Crippen molar-refractivity contribution in [2.75, 3.05) is 6.54 Å². The Bertz CT molecular complexity index is 445. The number of nitrogens with zero attached hydrogens (tertiary/aromatic N) is 1. The first-order valence-corrected chi connectivity index (χ1v) is 7.20. The van der Waals surface area contributed by atoms with Crippen molar-refractivity contribution in [3.63, 3.8) is 0 Å². The fourth-order valence-corrected chi connectivity index (χ4v) is 2.10. The molecule has 7 nitrogen and oxygen atoms in total. The molecule has 21 heavy (non-hydrogen) atoms. The summed E-state index contributed by atoms with van der Waals surface area (Å²) in [5.41, 5.74) is 0. The maximum atomic E-state index is 11.9. The number of nitrogens with one attached hydrogen (secondary N) is 3. The second-order valence-electron chi connectivity index (χ2n) is 5.45. The molecule has 1 aromatic rings. The van der Waals surface area contributed by atoms with Gasteiger partial charge in [-0.25, -0.2) is 9.78 Å². The topological polar surface area (TPSA) is 107 Å². The Hall–Kier alpha value is -2.05. The first kappa shape index (κ1) is 17.0. The molecule has 0 saturated carbocycles. The van der Waals surface area contributed by atoms with Gasteiger partial charge in [-0.15, -0.1) is 0 Å². The molecule has 2 amide bonds. The van der Waals surface area contributed by atoms with E-state index in [1.54, 1.807) is 12.4 Å². The van der Waals surface area contributed by atoms with Crippen LogP contribution < -0.4 is 10.6 Å². The molecule has 1 heterocycles. The van der Waals surface area contributed by atoms with Crippen molar-refractivity contribution < 1.29 is 14.7 Å². The summed E-state index contributed by atoms with van der Waals surface area (Å²) in [6.45, 7) is 5.97. The molecule has 0 radical (unpaired) electrons. The minimum Gasteiger partial charge on any atom is -0.481 e. The lowest BCUT2D eigenvalue weighted by Crippen LogP contribution is -2.41. The minimum absolute atomic E-state index is 0.119. The molecule has 0 aliphatic heterocycles. The van der Waals surface area contributed by atoms with E-state index in [1.807, 2.05) is 20.8 Å². The Morgan fingerprint density at radius 3 is 2.62 bits per heavy atom. The number of carbonyl (C=O) groups is 2. The number of hydrogen-bond acceptors (Lipinski definition) is 3. The van der Waals surface area contributed by atoms with E-state index in [4.69, 9.17) is 5.11 Å². The fraction of sp³-hybridized carbons (Fsp3) is 0.643. The highest BCUT2D eigenvalue weighted by Gasteiger charge is 2.21. The molecule has 0 aliphatic carbocycles. The third kappa shape index (κ3) is 5.85. The highest BCUT2D eigenvalue weighted by molar-refractivity contribution is 5.76. The van der Waals surface area contributed by atoms with Gasteiger partial charge in [0.05, 0.1) is 12.0 Å². The molecular weight excluding hydrogens is 272 g/mol. The number of hydrogen-bond donors (Lipinski definition) is 4. The van der Waals surface area contributed by atoms with Crippen LogP contribution in [-0.4, -0.2) is 33.6 Å². The van der Waals surface area contributed by atoms with Crippen LogP contribution in [0, 0.1) is 11.8 Å².